The van der Waals surface area contributed by atoms with Gasteiger partial charge in [-0.05, 0) is 55.7 Å². The van der Waals surface area contributed by atoms with Crippen molar-refractivity contribution in [2.24, 2.45) is 0 Å². The molecule has 1 heterocycles. The minimum Gasteiger partial charge on any atom is -0.497 e. The Bertz CT molecular complexity index is 859. The van der Waals surface area contributed by atoms with Crippen LogP contribution in [0.1, 0.15) is 44.1 Å². The lowest BCUT2D eigenvalue weighted by atomic mass is 10.1. The minimum atomic E-state index is -3.70. The summed E-state index contributed by atoms with van der Waals surface area (Å²) in [7, 11) is -2.15. The largest absolute Gasteiger partial charge is 0.497 e. The average Bonchev–Trinajstić information content (AvgIpc) is 2.91. The second kappa shape index (κ2) is 8.61. The van der Waals surface area contributed by atoms with Crippen LogP contribution in [-0.4, -0.2) is 26.6 Å². The van der Waals surface area contributed by atoms with Gasteiger partial charge >= 0.3 is 0 Å². The number of nitrogens with one attached hydrogen (secondary N) is 2. The maximum atomic E-state index is 12.7. The summed E-state index contributed by atoms with van der Waals surface area (Å²) in [6.07, 6.45) is 9.15. The Hall–Kier alpha value is -2.28. The quantitative estimate of drug-likeness (QED) is 0.719. The first-order valence-electron chi connectivity index (χ1n) is 9.38. The van der Waals surface area contributed by atoms with Gasteiger partial charge in [-0.15, -0.1) is 0 Å². The maximum absolute atomic E-state index is 12.7. The van der Waals surface area contributed by atoms with Crippen LogP contribution in [0.2, 0.25) is 0 Å². The van der Waals surface area contributed by atoms with Crippen molar-refractivity contribution in [3.63, 3.8) is 0 Å². The van der Waals surface area contributed by atoms with Crippen molar-refractivity contribution in [1.29, 1.82) is 0 Å². The standard InChI is InChI=1S/C20H27N3O3S/c1-15-13-18(26-2)10-11-19(15)27(24,25)23-20-12-9-17(14-21-20)22-16-7-5-3-4-6-8-16/h9-14,16,22H,3-8H2,1-2H3,(H,21,23). The zero-order valence-corrected chi connectivity index (χ0v) is 16.7. The Labute approximate surface area is 161 Å². The second-order valence-corrected chi connectivity index (χ2v) is 8.65. The fourth-order valence-corrected chi connectivity index (χ4v) is 4.68. The summed E-state index contributed by atoms with van der Waals surface area (Å²) in [6.45, 7) is 1.74. The Balaban J connectivity index is 1.68. The molecule has 1 aliphatic carbocycles. The highest BCUT2D eigenvalue weighted by Gasteiger charge is 2.18. The molecule has 0 unspecified atom stereocenters. The number of anilines is 2. The summed E-state index contributed by atoms with van der Waals surface area (Å²) in [5.74, 6) is 0.926. The topological polar surface area (TPSA) is 80.3 Å². The SMILES string of the molecule is COc1ccc(S(=O)(=O)Nc2ccc(NC3CCCCCC3)cn2)c(C)c1. The third-order valence-electron chi connectivity index (χ3n) is 4.90. The van der Waals surface area contributed by atoms with Crippen LogP contribution in [0, 0.1) is 6.92 Å². The molecule has 0 spiro atoms. The number of nitrogens with zero attached hydrogens (tertiary/aromatic N) is 1. The van der Waals surface area contributed by atoms with Crippen molar-refractivity contribution in [3.8, 4) is 5.75 Å². The predicted molar refractivity (Wildman–Crippen MR) is 108 cm³/mol. The molecular formula is C20H27N3O3S. The van der Waals surface area contributed by atoms with Crippen LogP contribution in [0.4, 0.5) is 11.5 Å². The van der Waals surface area contributed by atoms with Gasteiger partial charge in [0.05, 0.1) is 23.9 Å². The van der Waals surface area contributed by atoms with Gasteiger partial charge in [0, 0.05) is 6.04 Å². The van der Waals surface area contributed by atoms with Gasteiger partial charge in [-0.25, -0.2) is 13.4 Å². The van der Waals surface area contributed by atoms with Gasteiger partial charge in [0.15, 0.2) is 0 Å². The number of hydrogen-bond donors (Lipinski definition) is 2. The molecule has 1 aromatic heterocycles. The highest BCUT2D eigenvalue weighted by molar-refractivity contribution is 7.92. The zero-order valence-electron chi connectivity index (χ0n) is 15.9. The van der Waals surface area contributed by atoms with Crippen LogP contribution in [-0.2, 0) is 10.0 Å². The molecule has 7 heteroatoms. The third kappa shape index (κ3) is 5.13. The fraction of sp³-hybridized carbons (Fsp3) is 0.450. The minimum absolute atomic E-state index is 0.214. The van der Waals surface area contributed by atoms with Crippen LogP contribution in [0.15, 0.2) is 41.4 Å². The molecule has 3 rings (SSSR count). The molecule has 1 saturated carbocycles. The summed E-state index contributed by atoms with van der Waals surface area (Å²) in [6, 6.07) is 8.90. The summed E-state index contributed by atoms with van der Waals surface area (Å²) < 4.78 is 33.0. The summed E-state index contributed by atoms with van der Waals surface area (Å²) in [5, 5.41) is 3.51. The van der Waals surface area contributed by atoms with Gasteiger partial charge in [0.1, 0.15) is 11.6 Å². The van der Waals surface area contributed by atoms with E-state index < -0.39 is 10.0 Å². The lowest BCUT2D eigenvalue weighted by Gasteiger charge is -2.17. The average molecular weight is 390 g/mol. The maximum Gasteiger partial charge on any atom is 0.263 e. The Morgan fingerprint density at radius 2 is 1.81 bits per heavy atom. The fourth-order valence-electron chi connectivity index (χ4n) is 3.44. The molecular weight excluding hydrogens is 362 g/mol. The smallest absolute Gasteiger partial charge is 0.263 e. The number of rotatable bonds is 6. The van der Waals surface area contributed by atoms with Crippen LogP contribution in [0.5, 0.6) is 5.75 Å². The molecule has 0 radical (unpaired) electrons. The molecule has 0 aliphatic heterocycles. The van der Waals surface area contributed by atoms with Gasteiger partial charge in [0.25, 0.3) is 10.0 Å². The lowest BCUT2D eigenvalue weighted by molar-refractivity contribution is 0.414. The molecule has 2 N–H and O–H groups in total. The van der Waals surface area contributed by atoms with E-state index in [1.54, 1.807) is 44.5 Å². The molecule has 0 bridgehead atoms. The number of sulfonamides is 1. The lowest BCUT2D eigenvalue weighted by Crippen LogP contribution is -2.18. The van der Waals surface area contributed by atoms with Crippen LogP contribution in [0.25, 0.3) is 0 Å². The first kappa shape index (κ1) is 19.5. The predicted octanol–water partition coefficient (Wildman–Crippen LogP) is 4.33. The number of benzene rings is 1. The van der Waals surface area contributed by atoms with Crippen LogP contribution >= 0.6 is 0 Å². The van der Waals surface area contributed by atoms with E-state index in [0.717, 1.165) is 5.69 Å². The summed E-state index contributed by atoms with van der Waals surface area (Å²) >= 11 is 0. The zero-order chi connectivity index (χ0) is 19.3. The molecule has 1 aliphatic rings. The number of aromatic nitrogens is 1. The van der Waals surface area contributed by atoms with E-state index >= 15 is 0 Å². The molecule has 1 fully saturated rings. The van der Waals surface area contributed by atoms with Crippen LogP contribution < -0.4 is 14.8 Å². The number of hydrogen-bond acceptors (Lipinski definition) is 5. The van der Waals surface area contributed by atoms with Gasteiger partial charge in [-0.1, -0.05) is 25.7 Å². The molecule has 0 atom stereocenters. The van der Waals surface area contributed by atoms with E-state index in [2.05, 4.69) is 15.0 Å². The van der Waals surface area contributed by atoms with E-state index in [1.807, 2.05) is 6.07 Å². The molecule has 0 amide bonds. The van der Waals surface area contributed by atoms with Gasteiger partial charge < -0.3 is 10.1 Å². The number of pyridine rings is 1. The molecule has 2 aromatic rings. The van der Waals surface area contributed by atoms with Gasteiger partial charge in [0.2, 0.25) is 0 Å². The molecule has 146 valence electrons. The van der Waals surface area contributed by atoms with E-state index in [1.165, 1.54) is 38.5 Å². The van der Waals surface area contributed by atoms with Crippen molar-refractivity contribution >= 4 is 21.5 Å². The van der Waals surface area contributed by atoms with E-state index in [-0.39, 0.29) is 4.90 Å². The Kier molecular flexibility index (Phi) is 6.21. The van der Waals surface area contributed by atoms with Crippen LogP contribution in [0.3, 0.4) is 0 Å². The molecule has 0 saturated heterocycles. The van der Waals surface area contributed by atoms with Crippen molar-refractivity contribution in [3.05, 3.63) is 42.1 Å². The highest BCUT2D eigenvalue weighted by atomic mass is 32.2. The van der Waals surface area contributed by atoms with Gasteiger partial charge in [-0.3, -0.25) is 4.72 Å². The Morgan fingerprint density at radius 1 is 1.07 bits per heavy atom. The van der Waals surface area contributed by atoms with Crippen molar-refractivity contribution in [1.82, 2.24) is 4.98 Å². The van der Waals surface area contributed by atoms with E-state index in [0.29, 0.717) is 23.2 Å². The molecule has 6 nitrogen and oxygen atoms in total. The number of methoxy groups -OCH3 is 1. The Morgan fingerprint density at radius 3 is 2.41 bits per heavy atom. The van der Waals surface area contributed by atoms with Crippen molar-refractivity contribution in [2.45, 2.75) is 56.4 Å². The first-order chi connectivity index (χ1) is 13.0. The third-order valence-corrected chi connectivity index (χ3v) is 6.41. The van der Waals surface area contributed by atoms with Crippen molar-refractivity contribution < 1.29 is 13.2 Å². The van der Waals surface area contributed by atoms with Gasteiger partial charge in [-0.2, -0.15) is 0 Å². The monoisotopic (exact) mass is 389 g/mol. The highest BCUT2D eigenvalue weighted by Crippen LogP contribution is 2.24. The number of ether oxygens (including phenoxy) is 1. The molecule has 1 aromatic carbocycles. The van der Waals surface area contributed by atoms with E-state index in [9.17, 15) is 8.42 Å². The first-order valence-corrected chi connectivity index (χ1v) is 10.9. The normalized spacial score (nSPS) is 15.8. The van der Waals surface area contributed by atoms with E-state index in [4.69, 9.17) is 4.74 Å². The number of aryl methyl sites for hydroxylation is 1. The molecule has 27 heavy (non-hydrogen) atoms. The van der Waals surface area contributed by atoms with Crippen molar-refractivity contribution in [2.75, 3.05) is 17.1 Å². The summed E-state index contributed by atoms with van der Waals surface area (Å²) in [5.41, 5.74) is 1.54. The summed E-state index contributed by atoms with van der Waals surface area (Å²) in [4.78, 5) is 4.48. The second-order valence-electron chi connectivity index (χ2n) is 7.00.